The first-order chi connectivity index (χ1) is 39.1. The molecule has 0 spiro atoms. The van der Waals surface area contributed by atoms with E-state index in [-0.39, 0.29) is 18.3 Å². The van der Waals surface area contributed by atoms with Crippen LogP contribution in [0.15, 0.2) is 228 Å². The lowest BCUT2D eigenvalue weighted by Gasteiger charge is -2.32. The molecular formula is C66H53BBrN6O3PS3. The number of imidazole rings is 3. The summed E-state index contributed by atoms with van der Waals surface area (Å²) in [5.74, 6) is 3.05. The maximum absolute atomic E-state index is 14.7. The van der Waals surface area contributed by atoms with Crippen LogP contribution in [0.4, 0.5) is 0 Å². The maximum atomic E-state index is 14.7. The Labute approximate surface area is 492 Å². The number of halogens is 1. The zero-order valence-electron chi connectivity index (χ0n) is 45.5. The Morgan fingerprint density at radius 1 is 0.432 bits per heavy atom. The molecular weight excluding hydrogens is 1140 g/mol. The molecule has 12 aromatic rings. The molecule has 4 aliphatic rings. The Hall–Kier alpha value is -6.87. The maximum Gasteiger partial charge on any atom is 0.494 e. The second-order valence-corrected chi connectivity index (χ2v) is 28.5. The molecule has 0 bridgehead atoms. The Balaban J connectivity index is 0.000000116. The fourth-order valence-electron chi connectivity index (χ4n) is 11.3. The first kappa shape index (κ1) is 52.2. The molecule has 4 aliphatic heterocycles. The topological polar surface area (TPSA) is 89.0 Å². The standard InChI is InChI=1S/C32H23N2OPS.C20H21BN2O2S.C14H9BrN2S/c1-22-33-28-13-8-14-30-32(28)34(22)29-20-17-24(21-31(29)37-30)23-15-18-27(19-16-23)36(35,25-9-4-2-5-10-25)26-11-6-3-7-12-26;1-12-22-14-7-6-8-16-18(14)23(12)15-10-9-13(11-17(15)26-16)21-24-19(2,3)20(4,5)25-21;1-8-16-10-3-2-4-12-14(10)17(8)11-6-5-9(15)7-13(11)18-12/h2-21H,1H3;6-11H,1-5H3;2-7H,1H3. The van der Waals surface area contributed by atoms with E-state index in [1.54, 1.807) is 23.5 Å². The minimum atomic E-state index is -2.98. The number of aryl methyl sites for hydroxylation is 3. The van der Waals surface area contributed by atoms with E-state index in [0.717, 1.165) is 71.0 Å². The van der Waals surface area contributed by atoms with Gasteiger partial charge in [0.1, 0.15) is 17.5 Å². The monoisotopic (exact) mass is 1190 g/mol. The largest absolute Gasteiger partial charge is 0.494 e. The molecule has 3 aromatic heterocycles. The van der Waals surface area contributed by atoms with E-state index in [4.69, 9.17) is 19.3 Å². The zero-order chi connectivity index (χ0) is 55.5. The van der Waals surface area contributed by atoms with E-state index in [9.17, 15) is 4.57 Å². The van der Waals surface area contributed by atoms with Crippen molar-refractivity contribution in [3.05, 3.63) is 216 Å². The fraction of sp³-hybridized carbons (Fsp3) is 0.136. The molecule has 0 unspecified atom stereocenters. The van der Waals surface area contributed by atoms with Crippen molar-refractivity contribution in [2.24, 2.45) is 0 Å². The fourth-order valence-corrected chi connectivity index (χ4v) is 17.9. The third-order valence-corrected chi connectivity index (χ3v) is 22.9. The van der Waals surface area contributed by atoms with Crippen LogP contribution in [0, 0.1) is 20.8 Å². The molecule has 0 aliphatic carbocycles. The van der Waals surface area contributed by atoms with E-state index in [2.05, 4.69) is 204 Å². The number of hydrogen-bond donors (Lipinski definition) is 0. The molecule has 1 saturated heterocycles. The molecule has 1 fully saturated rings. The van der Waals surface area contributed by atoms with Crippen LogP contribution in [-0.2, 0) is 13.9 Å². The minimum absolute atomic E-state index is 0.333. The van der Waals surface area contributed by atoms with E-state index < -0.39 is 7.14 Å². The van der Waals surface area contributed by atoms with Crippen molar-refractivity contribution in [2.45, 2.75) is 89.0 Å². The molecule has 0 radical (unpaired) electrons. The smallest absolute Gasteiger partial charge is 0.399 e. The van der Waals surface area contributed by atoms with Crippen LogP contribution in [0.2, 0.25) is 0 Å². The van der Waals surface area contributed by atoms with Crippen LogP contribution in [-0.4, -0.2) is 47.0 Å². The molecule has 81 heavy (non-hydrogen) atoms. The van der Waals surface area contributed by atoms with E-state index in [1.165, 1.54) is 63.0 Å². The van der Waals surface area contributed by atoms with Gasteiger partial charge in [-0.25, -0.2) is 15.0 Å². The van der Waals surface area contributed by atoms with Crippen LogP contribution < -0.4 is 21.4 Å². The summed E-state index contributed by atoms with van der Waals surface area (Å²) in [5, 5.41) is 2.53. The number of fused-ring (bicyclic) bond motifs is 6. The van der Waals surface area contributed by atoms with E-state index >= 15 is 0 Å². The average molecular weight is 1200 g/mol. The molecule has 9 nitrogen and oxygen atoms in total. The number of nitrogens with zero attached hydrogens (tertiary/aromatic N) is 6. The molecule has 0 saturated carbocycles. The van der Waals surface area contributed by atoms with Crippen molar-refractivity contribution in [2.75, 3.05) is 0 Å². The number of aromatic nitrogens is 6. The van der Waals surface area contributed by atoms with Gasteiger partial charge in [0.2, 0.25) is 0 Å². The van der Waals surface area contributed by atoms with Gasteiger partial charge in [-0.1, -0.05) is 166 Å². The third-order valence-electron chi connectivity index (χ3n) is 16.0. The van der Waals surface area contributed by atoms with Crippen LogP contribution in [0.25, 0.3) is 61.3 Å². The molecule has 0 atom stereocenters. The van der Waals surface area contributed by atoms with Crippen LogP contribution in [0.5, 0.6) is 0 Å². The van der Waals surface area contributed by atoms with Gasteiger partial charge in [0.15, 0.2) is 7.14 Å². The number of benzene rings is 9. The zero-order valence-corrected chi connectivity index (χ0v) is 50.4. The predicted molar refractivity (Wildman–Crippen MR) is 338 cm³/mol. The minimum Gasteiger partial charge on any atom is -0.399 e. The second kappa shape index (κ2) is 19.9. The molecule has 398 valence electrons. The highest BCUT2D eigenvalue weighted by atomic mass is 79.9. The van der Waals surface area contributed by atoms with Gasteiger partial charge in [0.05, 0.1) is 61.4 Å². The molecule has 7 heterocycles. The summed E-state index contributed by atoms with van der Waals surface area (Å²) in [5.41, 5.74) is 13.0. The number of hydrogen-bond acceptors (Lipinski definition) is 9. The summed E-state index contributed by atoms with van der Waals surface area (Å²) in [4.78, 5) is 21.6. The van der Waals surface area contributed by atoms with Gasteiger partial charge in [-0.05, 0) is 144 Å². The summed E-state index contributed by atoms with van der Waals surface area (Å²) in [6, 6.07) is 66.3. The molecule has 15 heteroatoms. The molecule has 0 amide bonds. The highest BCUT2D eigenvalue weighted by Gasteiger charge is 2.52. The summed E-state index contributed by atoms with van der Waals surface area (Å²) in [6.45, 7) is 14.5. The number of para-hydroxylation sites is 3. The van der Waals surface area contributed by atoms with E-state index in [1.807, 2.05) is 84.6 Å². The summed E-state index contributed by atoms with van der Waals surface area (Å²) >= 11 is 8.93. The number of rotatable bonds is 5. The van der Waals surface area contributed by atoms with Gasteiger partial charge in [0, 0.05) is 49.8 Å². The third kappa shape index (κ3) is 8.79. The van der Waals surface area contributed by atoms with Crippen molar-refractivity contribution >= 4 is 120 Å². The lowest BCUT2D eigenvalue weighted by atomic mass is 9.79. The van der Waals surface area contributed by atoms with Crippen LogP contribution in [0.1, 0.15) is 45.2 Å². The van der Waals surface area contributed by atoms with Crippen molar-refractivity contribution < 1.29 is 13.9 Å². The SMILES string of the molecule is Cc1nc2cccc3c2n1-c1ccc(-c2ccc(P(=O)(c4ccccc4)c4ccccc4)cc2)cc1S3.Cc1nc2cccc3c2n1-c1ccc(B2OC(C)(C)C(C)(C)O2)cc1S3.Cc1nc2cccc3c2n1-c1ccc(Br)cc1S3. The molecule has 9 aromatic carbocycles. The highest BCUT2D eigenvalue weighted by molar-refractivity contribution is 9.10. The Kier molecular flexibility index (Phi) is 12.9. The average Bonchev–Trinajstić information content (AvgIpc) is 4.33. The first-order valence-corrected chi connectivity index (χ1v) is 31.8. The highest BCUT2D eigenvalue weighted by Crippen LogP contribution is 2.48. The summed E-state index contributed by atoms with van der Waals surface area (Å²) < 4.78 is 35.0. The van der Waals surface area contributed by atoms with Crippen molar-refractivity contribution in [3.63, 3.8) is 0 Å². The Morgan fingerprint density at radius 3 is 1.30 bits per heavy atom. The molecule has 16 rings (SSSR count). The lowest BCUT2D eigenvalue weighted by Crippen LogP contribution is -2.41. The van der Waals surface area contributed by atoms with Gasteiger partial charge in [-0.2, -0.15) is 0 Å². The normalized spacial score (nSPS) is 14.9. The Bertz CT molecular complexity index is 4500. The first-order valence-electron chi connectivity index (χ1n) is 26.9. The lowest BCUT2D eigenvalue weighted by molar-refractivity contribution is 0.00578. The van der Waals surface area contributed by atoms with Gasteiger partial charge in [-0.3, -0.25) is 13.7 Å². The van der Waals surface area contributed by atoms with E-state index in [0.29, 0.717) is 0 Å². The predicted octanol–water partition coefficient (Wildman–Crippen LogP) is 15.8. The quantitative estimate of drug-likeness (QED) is 0.123. The van der Waals surface area contributed by atoms with Crippen molar-refractivity contribution in [1.29, 1.82) is 0 Å². The van der Waals surface area contributed by atoms with Gasteiger partial charge < -0.3 is 13.9 Å². The van der Waals surface area contributed by atoms with Crippen molar-refractivity contribution in [1.82, 2.24) is 28.7 Å². The van der Waals surface area contributed by atoms with Crippen LogP contribution >= 0.6 is 58.4 Å². The van der Waals surface area contributed by atoms with Gasteiger partial charge >= 0.3 is 7.12 Å². The second-order valence-electron chi connectivity index (χ2n) is 21.6. The van der Waals surface area contributed by atoms with Gasteiger partial charge in [0.25, 0.3) is 0 Å². The summed E-state index contributed by atoms with van der Waals surface area (Å²) in [6.07, 6.45) is 0. The Morgan fingerprint density at radius 2 is 0.827 bits per heavy atom. The van der Waals surface area contributed by atoms with Crippen molar-refractivity contribution in [3.8, 4) is 28.2 Å². The van der Waals surface area contributed by atoms with Gasteiger partial charge in [-0.15, -0.1) is 0 Å². The summed E-state index contributed by atoms with van der Waals surface area (Å²) in [7, 11) is -3.32. The molecule has 0 N–H and O–H groups in total. The van der Waals surface area contributed by atoms with Crippen LogP contribution in [0.3, 0.4) is 0 Å².